The topological polar surface area (TPSA) is 66.4 Å². The lowest BCUT2D eigenvalue weighted by molar-refractivity contribution is -0.131. The number of carboxylic acids is 1. The summed E-state index contributed by atoms with van der Waals surface area (Å²) in [6.07, 6.45) is 4.51. The van der Waals surface area contributed by atoms with E-state index in [1.165, 1.54) is 17.4 Å². The Labute approximate surface area is 120 Å². The van der Waals surface area contributed by atoms with Crippen LogP contribution < -0.4 is 5.32 Å². The van der Waals surface area contributed by atoms with Gasteiger partial charge in [0.25, 0.3) is 5.91 Å². The van der Waals surface area contributed by atoms with E-state index in [1.807, 2.05) is 6.26 Å². The van der Waals surface area contributed by atoms with E-state index in [0.717, 1.165) is 11.8 Å². The smallest absolute Gasteiger partial charge is 0.328 e. The zero-order valence-corrected chi connectivity index (χ0v) is 12.5. The minimum absolute atomic E-state index is 0.145. The lowest BCUT2D eigenvalue weighted by Gasteiger charge is -2.10. The molecule has 0 aliphatic rings. The first-order chi connectivity index (χ1) is 9.04. The van der Waals surface area contributed by atoms with Gasteiger partial charge in [0.05, 0.1) is 4.88 Å². The number of aliphatic carboxylic acids is 1. The predicted octanol–water partition coefficient (Wildman–Crippen LogP) is 2.57. The fourth-order valence-corrected chi connectivity index (χ4v) is 2.98. The van der Waals surface area contributed by atoms with Crippen LogP contribution in [-0.4, -0.2) is 35.5 Å². The molecule has 0 radical (unpaired) electrons. The second-order valence-electron chi connectivity index (χ2n) is 4.15. The summed E-state index contributed by atoms with van der Waals surface area (Å²) in [5.41, 5.74) is 0.641. The number of hydrogen-bond acceptors (Lipinski definition) is 4. The molecule has 0 saturated heterocycles. The maximum atomic E-state index is 12.0. The van der Waals surface area contributed by atoms with Crippen LogP contribution in [0.5, 0.6) is 0 Å². The van der Waals surface area contributed by atoms with Crippen molar-refractivity contribution in [2.45, 2.75) is 6.92 Å². The first kappa shape index (κ1) is 15.8. The zero-order valence-electron chi connectivity index (χ0n) is 10.9. The van der Waals surface area contributed by atoms with Gasteiger partial charge in [-0.1, -0.05) is 6.92 Å². The normalized spacial score (nSPS) is 12.5. The molecule has 6 heteroatoms. The van der Waals surface area contributed by atoms with E-state index >= 15 is 0 Å². The summed E-state index contributed by atoms with van der Waals surface area (Å²) >= 11 is 3.06. The maximum absolute atomic E-state index is 12.0. The molecular weight excluding hydrogens is 282 g/mol. The molecule has 1 amide bonds. The van der Waals surface area contributed by atoms with Gasteiger partial charge >= 0.3 is 5.97 Å². The van der Waals surface area contributed by atoms with Crippen LogP contribution in [0.15, 0.2) is 17.5 Å². The molecule has 19 heavy (non-hydrogen) atoms. The van der Waals surface area contributed by atoms with Crippen LogP contribution in [0.2, 0.25) is 0 Å². The summed E-state index contributed by atoms with van der Waals surface area (Å²) < 4.78 is 0. The number of rotatable bonds is 7. The Bertz CT molecular complexity index is 468. The van der Waals surface area contributed by atoms with Gasteiger partial charge in [0.2, 0.25) is 0 Å². The van der Waals surface area contributed by atoms with Crippen LogP contribution >= 0.6 is 23.1 Å². The Morgan fingerprint density at radius 2 is 2.32 bits per heavy atom. The van der Waals surface area contributed by atoms with E-state index in [1.54, 1.807) is 23.2 Å². The monoisotopic (exact) mass is 299 g/mol. The third-order valence-electron chi connectivity index (χ3n) is 2.37. The Kier molecular flexibility index (Phi) is 6.66. The average Bonchev–Trinajstić information content (AvgIpc) is 2.82. The summed E-state index contributed by atoms with van der Waals surface area (Å²) in [5.74, 6) is 0.243. The minimum Gasteiger partial charge on any atom is -0.478 e. The second-order valence-corrected chi connectivity index (χ2v) is 5.97. The van der Waals surface area contributed by atoms with E-state index in [2.05, 4.69) is 12.2 Å². The molecule has 1 rings (SSSR count). The van der Waals surface area contributed by atoms with Gasteiger partial charge in [-0.2, -0.15) is 11.8 Å². The number of nitrogens with one attached hydrogen (secondary N) is 1. The molecule has 1 aromatic rings. The largest absolute Gasteiger partial charge is 0.478 e. The zero-order chi connectivity index (χ0) is 14.3. The highest BCUT2D eigenvalue weighted by Gasteiger charge is 2.12. The summed E-state index contributed by atoms with van der Waals surface area (Å²) in [6, 6.07) is 1.74. The maximum Gasteiger partial charge on any atom is 0.328 e. The van der Waals surface area contributed by atoms with Crippen LogP contribution in [0.1, 0.15) is 22.2 Å². The highest BCUT2D eigenvalue weighted by atomic mass is 32.2. The van der Waals surface area contributed by atoms with Crippen molar-refractivity contribution < 1.29 is 14.7 Å². The second kappa shape index (κ2) is 8.01. The molecule has 1 atom stereocenters. The van der Waals surface area contributed by atoms with Crippen LogP contribution in [0.3, 0.4) is 0 Å². The van der Waals surface area contributed by atoms with E-state index in [9.17, 15) is 9.59 Å². The molecule has 2 N–H and O–H groups in total. The summed E-state index contributed by atoms with van der Waals surface area (Å²) in [7, 11) is 0. The fraction of sp³-hybridized carbons (Fsp3) is 0.385. The average molecular weight is 299 g/mol. The van der Waals surface area contributed by atoms with Crippen LogP contribution in [0.25, 0.3) is 6.08 Å². The van der Waals surface area contributed by atoms with Gasteiger partial charge in [-0.3, -0.25) is 4.79 Å². The number of carboxylic acid groups (broad SMARTS) is 1. The van der Waals surface area contributed by atoms with E-state index < -0.39 is 5.97 Å². The molecule has 0 aliphatic heterocycles. The number of carbonyl (C=O) groups is 2. The highest BCUT2D eigenvalue weighted by Crippen LogP contribution is 2.18. The fourth-order valence-electron chi connectivity index (χ4n) is 1.49. The van der Waals surface area contributed by atoms with Crippen molar-refractivity contribution in [1.82, 2.24) is 5.32 Å². The molecule has 0 saturated carbocycles. The SMILES string of the molecule is CSCC(C)CNC(=O)c1sccc1C=CC(=O)O. The molecule has 4 nitrogen and oxygen atoms in total. The molecule has 1 heterocycles. The lowest BCUT2D eigenvalue weighted by Crippen LogP contribution is -2.28. The van der Waals surface area contributed by atoms with E-state index in [-0.39, 0.29) is 5.91 Å². The molecular formula is C13H17NO3S2. The summed E-state index contributed by atoms with van der Waals surface area (Å²) in [4.78, 5) is 23.0. The molecule has 0 spiro atoms. The van der Waals surface area contributed by atoms with Crippen LogP contribution in [-0.2, 0) is 4.79 Å². The lowest BCUT2D eigenvalue weighted by atomic mass is 10.2. The number of hydrogen-bond donors (Lipinski definition) is 2. The molecule has 0 aliphatic carbocycles. The van der Waals surface area contributed by atoms with Crippen molar-refractivity contribution >= 4 is 41.1 Å². The van der Waals surface area contributed by atoms with Crippen LogP contribution in [0.4, 0.5) is 0 Å². The molecule has 0 aromatic carbocycles. The predicted molar refractivity (Wildman–Crippen MR) is 80.9 cm³/mol. The molecule has 1 aromatic heterocycles. The minimum atomic E-state index is -1.02. The Hall–Kier alpha value is -1.27. The third kappa shape index (κ3) is 5.48. The van der Waals surface area contributed by atoms with Crippen molar-refractivity contribution in [2.24, 2.45) is 5.92 Å². The highest BCUT2D eigenvalue weighted by molar-refractivity contribution is 7.98. The van der Waals surface area contributed by atoms with Crippen molar-refractivity contribution in [3.8, 4) is 0 Å². The quantitative estimate of drug-likeness (QED) is 0.759. The first-order valence-corrected chi connectivity index (χ1v) is 8.07. The van der Waals surface area contributed by atoms with E-state index in [4.69, 9.17) is 5.11 Å². The Morgan fingerprint density at radius 1 is 1.58 bits per heavy atom. The number of carbonyl (C=O) groups excluding carboxylic acids is 1. The van der Waals surface area contributed by atoms with Gasteiger partial charge in [0.1, 0.15) is 0 Å². The van der Waals surface area contributed by atoms with Gasteiger partial charge in [-0.25, -0.2) is 4.79 Å². The third-order valence-corrected chi connectivity index (χ3v) is 4.20. The van der Waals surface area contributed by atoms with Crippen molar-refractivity contribution in [2.75, 3.05) is 18.6 Å². The molecule has 0 fully saturated rings. The molecule has 104 valence electrons. The van der Waals surface area contributed by atoms with Gasteiger partial charge < -0.3 is 10.4 Å². The van der Waals surface area contributed by atoms with Crippen molar-refractivity contribution in [3.05, 3.63) is 28.0 Å². The van der Waals surface area contributed by atoms with Gasteiger partial charge in [-0.05, 0) is 41.0 Å². The number of amides is 1. The van der Waals surface area contributed by atoms with Gasteiger partial charge in [0, 0.05) is 12.6 Å². The number of thioether (sulfide) groups is 1. The first-order valence-electron chi connectivity index (χ1n) is 5.80. The number of thiophene rings is 1. The van der Waals surface area contributed by atoms with E-state index in [0.29, 0.717) is 22.9 Å². The Balaban J connectivity index is 2.62. The molecule has 0 bridgehead atoms. The standard InChI is InChI=1S/C13H17NO3S2/c1-9(8-18-2)7-14-13(17)12-10(5-6-19-12)3-4-11(15)16/h3-6,9H,7-8H2,1-2H3,(H,14,17)(H,15,16). The van der Waals surface area contributed by atoms with Gasteiger partial charge in [0.15, 0.2) is 0 Å². The van der Waals surface area contributed by atoms with Crippen molar-refractivity contribution in [1.29, 1.82) is 0 Å². The summed E-state index contributed by atoms with van der Waals surface area (Å²) in [6.45, 7) is 2.70. The Morgan fingerprint density at radius 3 is 2.95 bits per heavy atom. The molecule has 1 unspecified atom stereocenters. The summed E-state index contributed by atoms with van der Waals surface area (Å²) in [5, 5.41) is 13.2. The van der Waals surface area contributed by atoms with Crippen LogP contribution in [0, 0.1) is 5.92 Å². The van der Waals surface area contributed by atoms with Gasteiger partial charge in [-0.15, -0.1) is 11.3 Å². The van der Waals surface area contributed by atoms with Crippen molar-refractivity contribution in [3.63, 3.8) is 0 Å².